The van der Waals surface area contributed by atoms with Gasteiger partial charge in [0.15, 0.2) is 11.6 Å². The number of nitrogen functional groups attached to an aromatic ring is 1. The summed E-state index contributed by atoms with van der Waals surface area (Å²) in [6, 6.07) is 0. The van der Waals surface area contributed by atoms with E-state index >= 15 is 0 Å². The summed E-state index contributed by atoms with van der Waals surface area (Å²) < 4.78 is 13.8. The molecule has 2 rings (SSSR count). The Labute approximate surface area is 119 Å². The topological polar surface area (TPSA) is 116 Å². The molecule has 0 spiro atoms. The molecule has 0 fully saturated rings. The van der Waals surface area contributed by atoms with Gasteiger partial charge in [-0.05, 0) is 18.5 Å². The SMILES string of the molecule is CCOC(=O)c1c(N)nsc1NCCc1noc(C)n1. The molecule has 0 bridgehead atoms. The van der Waals surface area contributed by atoms with Crippen molar-refractivity contribution in [1.82, 2.24) is 14.5 Å². The van der Waals surface area contributed by atoms with Gasteiger partial charge in [-0.1, -0.05) is 5.16 Å². The molecule has 0 aliphatic carbocycles. The summed E-state index contributed by atoms with van der Waals surface area (Å²) in [5.74, 6) is 0.822. The van der Waals surface area contributed by atoms with Crippen LogP contribution in [-0.2, 0) is 11.2 Å². The minimum absolute atomic E-state index is 0.173. The van der Waals surface area contributed by atoms with Gasteiger partial charge in [0.05, 0.1) is 6.61 Å². The predicted octanol–water partition coefficient (Wildman–Crippen LogP) is 1.25. The number of nitrogens with zero attached hydrogens (tertiary/aromatic N) is 3. The molecule has 2 aromatic rings. The Morgan fingerprint density at radius 2 is 2.35 bits per heavy atom. The molecule has 20 heavy (non-hydrogen) atoms. The molecule has 108 valence electrons. The number of aromatic nitrogens is 3. The Morgan fingerprint density at radius 3 is 3.00 bits per heavy atom. The van der Waals surface area contributed by atoms with Crippen LogP contribution < -0.4 is 11.1 Å². The lowest BCUT2D eigenvalue weighted by Gasteiger charge is -2.05. The first-order valence-corrected chi connectivity index (χ1v) is 6.84. The van der Waals surface area contributed by atoms with Crippen molar-refractivity contribution in [3.05, 3.63) is 17.3 Å². The van der Waals surface area contributed by atoms with Crippen molar-refractivity contribution in [3.63, 3.8) is 0 Å². The van der Waals surface area contributed by atoms with Crippen LogP contribution in [0.5, 0.6) is 0 Å². The highest BCUT2D eigenvalue weighted by molar-refractivity contribution is 7.11. The summed E-state index contributed by atoms with van der Waals surface area (Å²) in [4.78, 5) is 15.9. The third kappa shape index (κ3) is 3.23. The van der Waals surface area contributed by atoms with Gasteiger partial charge in [0.25, 0.3) is 0 Å². The Morgan fingerprint density at radius 1 is 1.55 bits per heavy atom. The summed E-state index contributed by atoms with van der Waals surface area (Å²) in [6.07, 6.45) is 0.567. The number of ether oxygens (including phenoxy) is 1. The zero-order valence-electron chi connectivity index (χ0n) is 11.2. The number of anilines is 2. The first kappa shape index (κ1) is 14.3. The van der Waals surface area contributed by atoms with Gasteiger partial charge in [-0.3, -0.25) is 0 Å². The van der Waals surface area contributed by atoms with Crippen LogP contribution in [-0.4, -0.2) is 33.6 Å². The van der Waals surface area contributed by atoms with Crippen LogP contribution in [0.1, 0.15) is 29.0 Å². The fourth-order valence-electron chi connectivity index (χ4n) is 1.55. The van der Waals surface area contributed by atoms with Crippen molar-refractivity contribution >= 4 is 28.3 Å². The lowest BCUT2D eigenvalue weighted by Crippen LogP contribution is -2.11. The van der Waals surface area contributed by atoms with Crippen LogP contribution in [0, 0.1) is 6.92 Å². The average Bonchev–Trinajstić information content (AvgIpc) is 2.97. The summed E-state index contributed by atoms with van der Waals surface area (Å²) in [7, 11) is 0. The van der Waals surface area contributed by atoms with E-state index in [1.165, 1.54) is 0 Å². The smallest absolute Gasteiger partial charge is 0.344 e. The molecule has 0 atom stereocenters. The molecule has 0 amide bonds. The van der Waals surface area contributed by atoms with Crippen molar-refractivity contribution in [2.75, 3.05) is 24.2 Å². The van der Waals surface area contributed by atoms with E-state index in [1.807, 2.05) is 0 Å². The van der Waals surface area contributed by atoms with Crippen molar-refractivity contribution in [1.29, 1.82) is 0 Å². The third-order valence-electron chi connectivity index (χ3n) is 2.40. The normalized spacial score (nSPS) is 10.5. The van der Waals surface area contributed by atoms with Crippen molar-refractivity contribution in [2.45, 2.75) is 20.3 Å². The maximum absolute atomic E-state index is 11.8. The molecule has 2 heterocycles. The Bertz CT molecular complexity index is 595. The molecule has 2 aromatic heterocycles. The fourth-order valence-corrected chi connectivity index (χ4v) is 2.28. The van der Waals surface area contributed by atoms with Gasteiger partial charge in [-0.2, -0.15) is 9.36 Å². The zero-order valence-corrected chi connectivity index (χ0v) is 12.0. The summed E-state index contributed by atoms with van der Waals surface area (Å²) in [6.45, 7) is 4.29. The molecule has 9 heteroatoms. The van der Waals surface area contributed by atoms with Crippen molar-refractivity contribution in [3.8, 4) is 0 Å². The molecular weight excluding hydrogens is 282 g/mol. The number of carbonyl (C=O) groups is 1. The minimum Gasteiger partial charge on any atom is -0.462 e. The van der Waals surface area contributed by atoms with Crippen LogP contribution in [0.2, 0.25) is 0 Å². The fraction of sp³-hybridized carbons (Fsp3) is 0.455. The number of rotatable bonds is 6. The van der Waals surface area contributed by atoms with Gasteiger partial charge >= 0.3 is 5.97 Å². The van der Waals surface area contributed by atoms with Crippen molar-refractivity contribution in [2.24, 2.45) is 0 Å². The van der Waals surface area contributed by atoms with Gasteiger partial charge in [-0.25, -0.2) is 4.79 Å². The second-order valence-corrected chi connectivity index (χ2v) is 4.67. The Kier molecular flexibility index (Phi) is 4.51. The molecule has 0 unspecified atom stereocenters. The van der Waals surface area contributed by atoms with E-state index in [9.17, 15) is 4.79 Å². The molecule has 3 N–H and O–H groups in total. The minimum atomic E-state index is -0.475. The number of carbonyl (C=O) groups excluding carboxylic acids is 1. The summed E-state index contributed by atoms with van der Waals surface area (Å²) in [5, 5.41) is 7.45. The quantitative estimate of drug-likeness (QED) is 0.765. The van der Waals surface area contributed by atoms with E-state index in [1.54, 1.807) is 13.8 Å². The molecule has 0 aromatic carbocycles. The van der Waals surface area contributed by atoms with Crippen LogP contribution in [0.3, 0.4) is 0 Å². The van der Waals surface area contributed by atoms with Crippen molar-refractivity contribution < 1.29 is 14.1 Å². The lowest BCUT2D eigenvalue weighted by atomic mass is 10.3. The second kappa shape index (κ2) is 6.33. The van der Waals surface area contributed by atoms with Crippen LogP contribution >= 0.6 is 11.5 Å². The van der Waals surface area contributed by atoms with E-state index in [2.05, 4.69) is 19.8 Å². The molecule has 0 saturated heterocycles. The van der Waals surface area contributed by atoms with Gasteiger partial charge < -0.3 is 20.3 Å². The van der Waals surface area contributed by atoms with E-state index in [-0.39, 0.29) is 18.0 Å². The number of aryl methyl sites for hydroxylation is 1. The van der Waals surface area contributed by atoms with Gasteiger partial charge in [0.2, 0.25) is 5.89 Å². The largest absolute Gasteiger partial charge is 0.462 e. The van der Waals surface area contributed by atoms with Gasteiger partial charge in [0, 0.05) is 19.9 Å². The van der Waals surface area contributed by atoms with E-state index in [0.29, 0.717) is 29.7 Å². The van der Waals surface area contributed by atoms with E-state index in [4.69, 9.17) is 15.0 Å². The highest BCUT2D eigenvalue weighted by atomic mass is 32.1. The molecule has 0 aliphatic heterocycles. The van der Waals surface area contributed by atoms with Crippen LogP contribution in [0.15, 0.2) is 4.52 Å². The number of hydrogen-bond donors (Lipinski definition) is 2. The maximum atomic E-state index is 11.8. The molecular formula is C11H15N5O3S. The molecule has 0 aliphatic rings. The average molecular weight is 297 g/mol. The first-order valence-electron chi connectivity index (χ1n) is 6.07. The van der Waals surface area contributed by atoms with E-state index in [0.717, 1.165) is 11.5 Å². The lowest BCUT2D eigenvalue weighted by molar-refractivity contribution is 0.0529. The molecule has 0 saturated carbocycles. The Balaban J connectivity index is 1.97. The maximum Gasteiger partial charge on any atom is 0.344 e. The third-order valence-corrected chi connectivity index (χ3v) is 3.22. The highest BCUT2D eigenvalue weighted by Crippen LogP contribution is 2.27. The zero-order chi connectivity index (χ0) is 14.5. The Hall–Kier alpha value is -2.16. The number of nitrogens with one attached hydrogen (secondary N) is 1. The monoisotopic (exact) mass is 297 g/mol. The second-order valence-electron chi connectivity index (χ2n) is 3.90. The summed E-state index contributed by atoms with van der Waals surface area (Å²) in [5.41, 5.74) is 5.96. The number of nitrogens with two attached hydrogens (primary N) is 1. The standard InChI is InChI=1S/C11H15N5O3S/c1-3-18-11(17)8-9(12)16-20-10(8)13-5-4-7-14-6(2)19-15-7/h13H,3-5H2,1-2H3,(H2,12,16). The molecule has 8 nitrogen and oxygen atoms in total. The highest BCUT2D eigenvalue weighted by Gasteiger charge is 2.20. The van der Waals surface area contributed by atoms with Crippen LogP contribution in [0.25, 0.3) is 0 Å². The van der Waals surface area contributed by atoms with E-state index < -0.39 is 5.97 Å². The number of hydrogen-bond acceptors (Lipinski definition) is 9. The molecule has 0 radical (unpaired) electrons. The summed E-state index contributed by atoms with van der Waals surface area (Å²) >= 11 is 1.12. The van der Waals surface area contributed by atoms with Gasteiger partial charge in [0.1, 0.15) is 10.6 Å². The van der Waals surface area contributed by atoms with Crippen LogP contribution in [0.4, 0.5) is 10.8 Å². The van der Waals surface area contributed by atoms with Gasteiger partial charge in [-0.15, -0.1) is 0 Å². The number of esters is 1. The first-order chi connectivity index (χ1) is 9.61. The predicted molar refractivity (Wildman–Crippen MR) is 73.7 cm³/mol.